The van der Waals surface area contributed by atoms with Crippen LogP contribution < -0.4 is 10.4 Å². The van der Waals surface area contributed by atoms with Gasteiger partial charge in [-0.15, -0.1) is 11.3 Å². The van der Waals surface area contributed by atoms with Crippen molar-refractivity contribution in [3.05, 3.63) is 39.9 Å². The Morgan fingerprint density at radius 1 is 1.56 bits per heavy atom. The van der Waals surface area contributed by atoms with E-state index in [2.05, 4.69) is 10.3 Å². The molecule has 4 nitrogen and oxygen atoms in total. The normalized spacial score (nSPS) is 10.3. The number of aryl methyl sites for hydroxylation is 1. The lowest BCUT2D eigenvalue weighted by Gasteiger charge is -2.06. The number of thiazole rings is 1. The molecule has 1 aromatic carbocycles. The van der Waals surface area contributed by atoms with E-state index in [9.17, 15) is 9.90 Å². The molecule has 0 saturated carbocycles. The van der Waals surface area contributed by atoms with Crippen LogP contribution in [0, 0.1) is 6.92 Å². The van der Waals surface area contributed by atoms with Gasteiger partial charge in [0.25, 0.3) is 0 Å². The van der Waals surface area contributed by atoms with Gasteiger partial charge in [0, 0.05) is 28.5 Å². The highest BCUT2D eigenvalue weighted by Crippen LogP contribution is 2.26. The van der Waals surface area contributed by atoms with Gasteiger partial charge in [0.15, 0.2) is 5.13 Å². The number of hydrogen-bond acceptors (Lipinski definition) is 5. The van der Waals surface area contributed by atoms with Crippen molar-refractivity contribution in [2.24, 2.45) is 0 Å². The second kappa shape index (κ2) is 5.37. The number of hydrogen-bond donors (Lipinski definition) is 1. The molecule has 1 heterocycles. The Morgan fingerprint density at radius 3 is 3.06 bits per heavy atom. The molecule has 6 heteroatoms. The van der Waals surface area contributed by atoms with Gasteiger partial charge >= 0.3 is 0 Å². The molecule has 0 atom stereocenters. The van der Waals surface area contributed by atoms with Crippen molar-refractivity contribution in [1.82, 2.24) is 4.98 Å². The maximum absolute atomic E-state index is 10.5. The Bertz CT molecular complexity index is 583. The minimum Gasteiger partial charge on any atom is -0.550 e. The second-order valence-corrected chi connectivity index (χ2v) is 5.07. The molecule has 0 fully saturated rings. The van der Waals surface area contributed by atoms with Crippen molar-refractivity contribution >= 4 is 39.7 Å². The van der Waals surface area contributed by atoms with Gasteiger partial charge in [-0.3, -0.25) is 0 Å². The number of carboxylic acid groups (broad SMARTS) is 1. The van der Waals surface area contributed by atoms with E-state index >= 15 is 0 Å². The van der Waals surface area contributed by atoms with Crippen molar-refractivity contribution < 1.29 is 9.90 Å². The summed E-state index contributed by atoms with van der Waals surface area (Å²) in [6.45, 7) is 1.95. The first-order chi connectivity index (χ1) is 8.54. The molecule has 0 spiro atoms. The van der Waals surface area contributed by atoms with Gasteiger partial charge in [0.05, 0.1) is 5.69 Å². The fourth-order valence-corrected chi connectivity index (χ4v) is 2.33. The predicted octanol–water partition coefficient (Wildman–Crippen LogP) is 2.14. The van der Waals surface area contributed by atoms with Crippen molar-refractivity contribution in [2.75, 3.05) is 5.32 Å². The molecule has 0 aliphatic heterocycles. The molecule has 1 N–H and O–H groups in total. The zero-order chi connectivity index (χ0) is 13.1. The molecule has 0 amide bonds. The topological polar surface area (TPSA) is 65.0 Å². The summed E-state index contributed by atoms with van der Waals surface area (Å²) in [5, 5.41) is 16.5. The summed E-state index contributed by atoms with van der Waals surface area (Å²) in [4.78, 5) is 14.6. The highest BCUT2D eigenvalue weighted by Gasteiger charge is 2.05. The minimum absolute atomic E-state index is 0.174. The van der Waals surface area contributed by atoms with Crippen LogP contribution in [-0.4, -0.2) is 11.0 Å². The van der Waals surface area contributed by atoms with Gasteiger partial charge < -0.3 is 15.2 Å². The summed E-state index contributed by atoms with van der Waals surface area (Å²) in [6, 6.07) is 5.52. The Hall–Kier alpha value is -1.59. The monoisotopic (exact) mass is 281 g/mol. The third kappa shape index (κ3) is 3.21. The quantitative estimate of drug-likeness (QED) is 0.932. The van der Waals surface area contributed by atoms with Crippen molar-refractivity contribution in [3.8, 4) is 0 Å². The first kappa shape index (κ1) is 12.9. The molecule has 0 aliphatic rings. The fraction of sp³-hybridized carbons (Fsp3) is 0.167. The molecular weight excluding hydrogens is 272 g/mol. The maximum atomic E-state index is 10.5. The molecule has 2 aromatic rings. The number of nitrogens with zero attached hydrogens (tertiary/aromatic N) is 1. The van der Waals surface area contributed by atoms with E-state index in [4.69, 9.17) is 11.6 Å². The second-order valence-electron chi connectivity index (χ2n) is 3.78. The number of carboxylic acids is 1. The highest BCUT2D eigenvalue weighted by atomic mass is 35.5. The standard InChI is InChI=1S/C12H11ClN2O2S/c1-7-2-3-8(13)4-10(7)15-12-14-9(6-18-12)5-11(16)17/h2-4,6H,5H2,1H3,(H,14,15)(H,16,17)/p-1. The SMILES string of the molecule is Cc1ccc(Cl)cc1Nc1nc(CC(=O)[O-])cs1. The summed E-state index contributed by atoms with van der Waals surface area (Å²) < 4.78 is 0. The van der Waals surface area contributed by atoms with Gasteiger partial charge in [0.2, 0.25) is 0 Å². The fourth-order valence-electron chi connectivity index (χ4n) is 1.44. The summed E-state index contributed by atoms with van der Waals surface area (Å²) in [6.07, 6.45) is -0.174. The van der Waals surface area contributed by atoms with Crippen LogP contribution in [0.1, 0.15) is 11.3 Å². The number of benzene rings is 1. The highest BCUT2D eigenvalue weighted by molar-refractivity contribution is 7.13. The summed E-state index contributed by atoms with van der Waals surface area (Å²) >= 11 is 7.26. The van der Waals surface area contributed by atoms with Crippen molar-refractivity contribution in [3.63, 3.8) is 0 Å². The third-order valence-corrected chi connectivity index (χ3v) is 3.36. The number of nitrogens with one attached hydrogen (secondary N) is 1. The summed E-state index contributed by atoms with van der Waals surface area (Å²) in [5.74, 6) is -1.13. The van der Waals surface area contributed by atoms with E-state index in [1.165, 1.54) is 11.3 Å². The molecule has 94 valence electrons. The molecule has 1 aromatic heterocycles. The molecular formula is C12H10ClN2O2S-. The van der Waals surface area contributed by atoms with Crippen molar-refractivity contribution in [2.45, 2.75) is 13.3 Å². The first-order valence-electron chi connectivity index (χ1n) is 5.22. The van der Waals surface area contributed by atoms with Gasteiger partial charge in [-0.2, -0.15) is 0 Å². The average molecular weight is 282 g/mol. The van der Waals surface area contributed by atoms with E-state index in [1.54, 1.807) is 11.4 Å². The van der Waals surface area contributed by atoms with E-state index in [-0.39, 0.29) is 6.42 Å². The van der Waals surface area contributed by atoms with Crippen LogP contribution in [0.15, 0.2) is 23.6 Å². The largest absolute Gasteiger partial charge is 0.550 e. The zero-order valence-corrected chi connectivity index (χ0v) is 11.1. The molecule has 0 unspecified atom stereocenters. The average Bonchev–Trinajstić information content (AvgIpc) is 2.70. The predicted molar refractivity (Wildman–Crippen MR) is 70.3 cm³/mol. The van der Waals surface area contributed by atoms with Crippen LogP contribution in [0.2, 0.25) is 5.02 Å². The Labute approximate surface area is 113 Å². The van der Waals surface area contributed by atoms with Crippen LogP contribution in [0.4, 0.5) is 10.8 Å². The number of rotatable bonds is 4. The number of aliphatic carboxylic acids is 1. The Morgan fingerprint density at radius 2 is 2.33 bits per heavy atom. The van der Waals surface area contributed by atoms with Crippen molar-refractivity contribution in [1.29, 1.82) is 0 Å². The number of aromatic nitrogens is 1. The Balaban J connectivity index is 2.16. The van der Waals surface area contributed by atoms with Gasteiger partial charge in [-0.25, -0.2) is 4.98 Å². The van der Waals surface area contributed by atoms with Gasteiger partial charge in [-0.05, 0) is 24.6 Å². The lowest BCUT2D eigenvalue weighted by Crippen LogP contribution is -2.24. The van der Waals surface area contributed by atoms with Crippen LogP contribution >= 0.6 is 22.9 Å². The molecule has 0 aliphatic carbocycles. The number of carbonyl (C=O) groups excluding carboxylic acids is 1. The Kier molecular flexibility index (Phi) is 3.84. The first-order valence-corrected chi connectivity index (χ1v) is 6.48. The summed E-state index contributed by atoms with van der Waals surface area (Å²) in [7, 11) is 0. The van der Waals surface area contributed by atoms with E-state index in [0.29, 0.717) is 15.8 Å². The maximum Gasteiger partial charge on any atom is 0.187 e. The van der Waals surface area contributed by atoms with Gasteiger partial charge in [-0.1, -0.05) is 17.7 Å². The molecule has 0 bridgehead atoms. The van der Waals surface area contributed by atoms with E-state index in [0.717, 1.165) is 11.3 Å². The van der Waals surface area contributed by atoms with E-state index < -0.39 is 5.97 Å². The number of anilines is 2. The molecule has 0 radical (unpaired) electrons. The minimum atomic E-state index is -1.13. The number of halogens is 1. The molecule has 18 heavy (non-hydrogen) atoms. The van der Waals surface area contributed by atoms with Crippen LogP contribution in [0.3, 0.4) is 0 Å². The van der Waals surface area contributed by atoms with Crippen LogP contribution in [0.25, 0.3) is 0 Å². The number of carbonyl (C=O) groups is 1. The lowest BCUT2D eigenvalue weighted by molar-refractivity contribution is -0.304. The third-order valence-electron chi connectivity index (χ3n) is 2.32. The molecule has 2 rings (SSSR count). The van der Waals surface area contributed by atoms with Gasteiger partial charge in [0.1, 0.15) is 0 Å². The zero-order valence-electron chi connectivity index (χ0n) is 9.57. The molecule has 0 saturated heterocycles. The smallest absolute Gasteiger partial charge is 0.187 e. The lowest BCUT2D eigenvalue weighted by atomic mass is 10.2. The van der Waals surface area contributed by atoms with Crippen LogP contribution in [-0.2, 0) is 11.2 Å². The van der Waals surface area contributed by atoms with E-state index in [1.807, 2.05) is 19.1 Å². The van der Waals surface area contributed by atoms with Crippen LogP contribution in [0.5, 0.6) is 0 Å². The summed E-state index contributed by atoms with van der Waals surface area (Å²) in [5.41, 5.74) is 2.38.